The maximum Gasteiger partial charge on any atom is 0.414 e. The van der Waals surface area contributed by atoms with E-state index in [9.17, 15) is 4.79 Å². The molecule has 0 saturated carbocycles. The summed E-state index contributed by atoms with van der Waals surface area (Å²) in [5.74, 6) is 0.709. The van der Waals surface area contributed by atoms with Crippen LogP contribution in [0, 0.1) is 0 Å². The van der Waals surface area contributed by atoms with Gasteiger partial charge in [-0.25, -0.2) is 9.31 Å². The number of anilines is 1. The SMILES string of the molecule is CCOC(=O)Nc1nc2c(OC)ccc(Br)n2n1. The molecule has 0 aromatic carbocycles. The molecule has 7 nitrogen and oxygen atoms in total. The predicted octanol–water partition coefficient (Wildman–Crippen LogP) is 2.07. The number of ether oxygens (including phenoxy) is 2. The van der Waals surface area contributed by atoms with Crippen molar-refractivity contribution >= 4 is 33.6 Å². The predicted molar refractivity (Wildman–Crippen MR) is 67.9 cm³/mol. The fourth-order valence-corrected chi connectivity index (χ4v) is 1.76. The molecule has 0 aliphatic carbocycles. The average Bonchev–Trinajstić information content (AvgIpc) is 2.74. The van der Waals surface area contributed by atoms with Crippen molar-refractivity contribution < 1.29 is 14.3 Å². The van der Waals surface area contributed by atoms with Crippen LogP contribution in [-0.2, 0) is 4.74 Å². The molecule has 0 aliphatic heterocycles. The Kier molecular flexibility index (Phi) is 3.66. The number of hydrogen-bond acceptors (Lipinski definition) is 5. The Labute approximate surface area is 111 Å². The molecular formula is C10H11BrN4O3. The molecule has 2 aromatic rings. The molecule has 96 valence electrons. The Morgan fingerprint density at radius 3 is 3.00 bits per heavy atom. The molecule has 0 fully saturated rings. The summed E-state index contributed by atoms with van der Waals surface area (Å²) in [6.07, 6.45) is -0.594. The van der Waals surface area contributed by atoms with Gasteiger partial charge in [-0.05, 0) is 35.0 Å². The number of methoxy groups -OCH3 is 1. The molecule has 0 spiro atoms. The van der Waals surface area contributed by atoms with E-state index >= 15 is 0 Å². The lowest BCUT2D eigenvalue weighted by Crippen LogP contribution is -2.14. The Morgan fingerprint density at radius 2 is 2.33 bits per heavy atom. The quantitative estimate of drug-likeness (QED) is 0.877. The lowest BCUT2D eigenvalue weighted by atomic mass is 10.4. The number of carbonyl (C=O) groups excluding carboxylic acids is 1. The van der Waals surface area contributed by atoms with Crippen LogP contribution < -0.4 is 10.1 Å². The molecule has 2 aromatic heterocycles. The van der Waals surface area contributed by atoms with E-state index in [1.807, 2.05) is 0 Å². The van der Waals surface area contributed by atoms with Gasteiger partial charge in [0.15, 0.2) is 5.75 Å². The van der Waals surface area contributed by atoms with E-state index in [0.29, 0.717) is 16.0 Å². The lowest BCUT2D eigenvalue weighted by Gasteiger charge is -2.01. The first-order valence-corrected chi connectivity index (χ1v) is 5.98. The molecule has 1 amide bonds. The highest BCUT2D eigenvalue weighted by atomic mass is 79.9. The number of aromatic nitrogens is 3. The second-order valence-corrected chi connectivity index (χ2v) is 4.05. The summed E-state index contributed by atoms with van der Waals surface area (Å²) in [5.41, 5.74) is 0.499. The standard InChI is InChI=1S/C10H11BrN4O3/c1-3-18-10(16)13-9-12-8-6(17-2)4-5-7(11)15(8)14-9/h4-5H,3H2,1-2H3,(H,13,14,16). The fourth-order valence-electron chi connectivity index (χ4n) is 1.38. The first-order valence-electron chi connectivity index (χ1n) is 5.18. The molecule has 18 heavy (non-hydrogen) atoms. The van der Waals surface area contributed by atoms with Gasteiger partial charge in [0.2, 0.25) is 5.65 Å². The zero-order valence-electron chi connectivity index (χ0n) is 9.81. The number of hydrogen-bond donors (Lipinski definition) is 1. The lowest BCUT2D eigenvalue weighted by molar-refractivity contribution is 0.167. The topological polar surface area (TPSA) is 77.8 Å². The van der Waals surface area contributed by atoms with Crippen LogP contribution in [0.2, 0.25) is 0 Å². The summed E-state index contributed by atoms with van der Waals surface area (Å²) >= 11 is 3.33. The van der Waals surface area contributed by atoms with E-state index in [1.165, 1.54) is 11.6 Å². The highest BCUT2D eigenvalue weighted by molar-refractivity contribution is 9.10. The van der Waals surface area contributed by atoms with Crippen molar-refractivity contribution in [3.05, 3.63) is 16.7 Å². The van der Waals surface area contributed by atoms with Crippen LogP contribution in [-0.4, -0.2) is 34.4 Å². The largest absolute Gasteiger partial charge is 0.493 e. The van der Waals surface area contributed by atoms with Gasteiger partial charge in [-0.3, -0.25) is 5.32 Å². The number of fused-ring (bicyclic) bond motifs is 1. The molecular weight excluding hydrogens is 304 g/mol. The third-order valence-electron chi connectivity index (χ3n) is 2.11. The second-order valence-electron chi connectivity index (χ2n) is 3.24. The zero-order chi connectivity index (χ0) is 13.1. The third kappa shape index (κ3) is 2.37. The number of nitrogens with zero attached hydrogens (tertiary/aromatic N) is 3. The number of rotatable bonds is 3. The molecule has 1 N–H and O–H groups in total. The fraction of sp³-hybridized carbons (Fsp3) is 0.300. The number of halogens is 1. The monoisotopic (exact) mass is 314 g/mol. The van der Waals surface area contributed by atoms with Crippen molar-refractivity contribution in [1.82, 2.24) is 14.6 Å². The van der Waals surface area contributed by atoms with Gasteiger partial charge in [-0.15, -0.1) is 5.10 Å². The Bertz CT molecular complexity index is 584. The minimum atomic E-state index is -0.594. The van der Waals surface area contributed by atoms with Gasteiger partial charge < -0.3 is 9.47 Å². The summed E-state index contributed by atoms with van der Waals surface area (Å²) < 4.78 is 12.1. The van der Waals surface area contributed by atoms with Gasteiger partial charge in [0, 0.05) is 0 Å². The third-order valence-corrected chi connectivity index (χ3v) is 2.71. The number of amides is 1. The Morgan fingerprint density at radius 1 is 1.56 bits per heavy atom. The van der Waals surface area contributed by atoms with E-state index in [-0.39, 0.29) is 12.6 Å². The zero-order valence-corrected chi connectivity index (χ0v) is 11.4. The van der Waals surface area contributed by atoms with Gasteiger partial charge in [0.05, 0.1) is 13.7 Å². The minimum Gasteiger partial charge on any atom is -0.493 e. The normalized spacial score (nSPS) is 10.4. The summed E-state index contributed by atoms with van der Waals surface area (Å²) in [7, 11) is 1.54. The number of pyridine rings is 1. The second kappa shape index (κ2) is 5.21. The first kappa shape index (κ1) is 12.6. The summed E-state index contributed by atoms with van der Waals surface area (Å²) in [5, 5.41) is 6.54. The van der Waals surface area contributed by atoms with Crippen molar-refractivity contribution in [3.63, 3.8) is 0 Å². The van der Waals surface area contributed by atoms with Gasteiger partial charge in [0.1, 0.15) is 4.60 Å². The van der Waals surface area contributed by atoms with E-state index in [4.69, 9.17) is 9.47 Å². The summed E-state index contributed by atoms with van der Waals surface area (Å²) in [6.45, 7) is 2.00. The number of nitrogens with one attached hydrogen (secondary N) is 1. The van der Waals surface area contributed by atoms with Crippen molar-refractivity contribution in [2.24, 2.45) is 0 Å². The molecule has 8 heteroatoms. The van der Waals surface area contributed by atoms with Crippen LogP contribution in [0.25, 0.3) is 5.65 Å². The van der Waals surface area contributed by atoms with Crippen LogP contribution >= 0.6 is 15.9 Å². The minimum absolute atomic E-state index is 0.152. The van der Waals surface area contributed by atoms with Gasteiger partial charge in [-0.1, -0.05) is 0 Å². The molecule has 2 rings (SSSR count). The van der Waals surface area contributed by atoms with Crippen LogP contribution in [0.15, 0.2) is 16.7 Å². The highest BCUT2D eigenvalue weighted by Gasteiger charge is 2.13. The van der Waals surface area contributed by atoms with Crippen LogP contribution in [0.4, 0.5) is 10.7 Å². The van der Waals surface area contributed by atoms with Crippen molar-refractivity contribution in [3.8, 4) is 5.75 Å². The molecule has 0 atom stereocenters. The molecule has 2 heterocycles. The molecule has 0 aliphatic rings. The molecule has 0 unspecified atom stereocenters. The molecule has 0 radical (unpaired) electrons. The molecule has 0 bridgehead atoms. The van der Waals surface area contributed by atoms with E-state index in [2.05, 4.69) is 31.3 Å². The smallest absolute Gasteiger partial charge is 0.414 e. The van der Waals surface area contributed by atoms with E-state index in [1.54, 1.807) is 19.1 Å². The molecule has 0 saturated heterocycles. The Hall–Kier alpha value is -1.83. The average molecular weight is 315 g/mol. The van der Waals surface area contributed by atoms with Gasteiger partial charge >= 0.3 is 6.09 Å². The van der Waals surface area contributed by atoms with Crippen molar-refractivity contribution in [2.75, 3.05) is 19.0 Å². The summed E-state index contributed by atoms with van der Waals surface area (Å²) in [6, 6.07) is 3.52. The van der Waals surface area contributed by atoms with Gasteiger partial charge in [-0.2, -0.15) is 4.98 Å². The van der Waals surface area contributed by atoms with E-state index in [0.717, 1.165) is 0 Å². The van der Waals surface area contributed by atoms with Crippen LogP contribution in [0.5, 0.6) is 5.75 Å². The number of carbonyl (C=O) groups is 1. The van der Waals surface area contributed by atoms with E-state index < -0.39 is 6.09 Å². The first-order chi connectivity index (χ1) is 8.65. The van der Waals surface area contributed by atoms with Crippen LogP contribution in [0.1, 0.15) is 6.92 Å². The highest BCUT2D eigenvalue weighted by Crippen LogP contribution is 2.23. The maximum absolute atomic E-state index is 11.3. The van der Waals surface area contributed by atoms with Crippen molar-refractivity contribution in [1.29, 1.82) is 0 Å². The van der Waals surface area contributed by atoms with Gasteiger partial charge in [0.25, 0.3) is 5.95 Å². The maximum atomic E-state index is 11.3. The Balaban J connectivity index is 2.37. The van der Waals surface area contributed by atoms with Crippen molar-refractivity contribution in [2.45, 2.75) is 6.92 Å². The van der Waals surface area contributed by atoms with Crippen LogP contribution in [0.3, 0.4) is 0 Å². The summed E-state index contributed by atoms with van der Waals surface area (Å²) in [4.78, 5) is 15.4.